The normalized spacial score (nSPS) is 11.5. The first-order valence-corrected chi connectivity index (χ1v) is 9.14. The molecule has 0 bridgehead atoms. The van der Waals surface area contributed by atoms with E-state index in [-0.39, 0.29) is 11.3 Å². The summed E-state index contributed by atoms with van der Waals surface area (Å²) >= 11 is 0. The molecule has 0 spiro atoms. The number of aryl methyl sites for hydroxylation is 1. The lowest BCUT2D eigenvalue weighted by Gasteiger charge is -2.18. The molecule has 0 unspecified atom stereocenters. The molecular formula is C21H23F5O2. The van der Waals surface area contributed by atoms with E-state index >= 15 is 0 Å². The number of unbranched alkanes of at least 4 members (excludes halogenated alkanes) is 2. The average Bonchev–Trinajstić information content (AvgIpc) is 2.64. The Morgan fingerprint density at radius 2 is 1.64 bits per heavy atom. The van der Waals surface area contributed by atoms with Crippen molar-refractivity contribution in [2.24, 2.45) is 0 Å². The molecule has 0 aliphatic rings. The standard InChI is InChI=1S/C21H23F5O2/c1-3-4-5-11-27-15-7-9-18(17(22)13-15)28-12-10-21(25,26)16-8-6-14(2)19(23)20(16)24/h6-9,13H,3-5,10-12H2,1-2H3. The van der Waals surface area contributed by atoms with Crippen molar-refractivity contribution >= 4 is 0 Å². The number of alkyl halides is 2. The number of benzene rings is 2. The molecular weight excluding hydrogens is 379 g/mol. The number of halogens is 5. The maximum Gasteiger partial charge on any atom is 0.279 e. The fourth-order valence-electron chi connectivity index (χ4n) is 2.58. The lowest BCUT2D eigenvalue weighted by atomic mass is 10.0. The molecule has 0 radical (unpaired) electrons. The monoisotopic (exact) mass is 402 g/mol. The van der Waals surface area contributed by atoms with Gasteiger partial charge >= 0.3 is 0 Å². The Labute approximate surface area is 161 Å². The lowest BCUT2D eigenvalue weighted by molar-refractivity contribution is -0.0282. The zero-order valence-electron chi connectivity index (χ0n) is 15.8. The highest BCUT2D eigenvalue weighted by Crippen LogP contribution is 2.35. The maximum absolute atomic E-state index is 14.2. The lowest BCUT2D eigenvalue weighted by Crippen LogP contribution is -2.20. The summed E-state index contributed by atoms with van der Waals surface area (Å²) in [6, 6.07) is 5.82. The van der Waals surface area contributed by atoms with Gasteiger partial charge < -0.3 is 9.47 Å². The zero-order chi connectivity index (χ0) is 20.7. The minimum Gasteiger partial charge on any atom is -0.493 e. The average molecular weight is 402 g/mol. The van der Waals surface area contributed by atoms with Gasteiger partial charge in [0.25, 0.3) is 5.92 Å². The molecule has 0 saturated heterocycles. The Bertz CT molecular complexity index is 793. The Kier molecular flexibility index (Phi) is 7.66. The van der Waals surface area contributed by atoms with Crippen LogP contribution in [-0.4, -0.2) is 13.2 Å². The van der Waals surface area contributed by atoms with E-state index in [1.165, 1.54) is 19.1 Å². The van der Waals surface area contributed by atoms with Gasteiger partial charge in [-0.05, 0) is 37.1 Å². The van der Waals surface area contributed by atoms with Gasteiger partial charge in [0.2, 0.25) is 0 Å². The van der Waals surface area contributed by atoms with Crippen LogP contribution in [0.15, 0.2) is 30.3 Å². The van der Waals surface area contributed by atoms with Crippen LogP contribution in [0.5, 0.6) is 11.5 Å². The highest BCUT2D eigenvalue weighted by Gasteiger charge is 2.36. The summed E-state index contributed by atoms with van der Waals surface area (Å²) in [5, 5.41) is 0. The molecule has 0 heterocycles. The van der Waals surface area contributed by atoms with Gasteiger partial charge in [-0.2, -0.15) is 0 Å². The molecule has 2 aromatic rings. The molecule has 2 aromatic carbocycles. The first-order valence-electron chi connectivity index (χ1n) is 9.14. The topological polar surface area (TPSA) is 18.5 Å². The molecule has 0 amide bonds. The van der Waals surface area contributed by atoms with Crippen LogP contribution in [0.3, 0.4) is 0 Å². The van der Waals surface area contributed by atoms with Gasteiger partial charge in [0, 0.05) is 6.07 Å². The molecule has 28 heavy (non-hydrogen) atoms. The van der Waals surface area contributed by atoms with Crippen LogP contribution >= 0.6 is 0 Å². The maximum atomic E-state index is 14.2. The molecule has 2 rings (SSSR count). The van der Waals surface area contributed by atoms with E-state index in [4.69, 9.17) is 9.47 Å². The van der Waals surface area contributed by atoms with E-state index in [0.717, 1.165) is 37.5 Å². The quantitative estimate of drug-likeness (QED) is 0.332. The second-order valence-corrected chi connectivity index (χ2v) is 6.51. The van der Waals surface area contributed by atoms with Crippen LogP contribution in [0.1, 0.15) is 43.7 Å². The van der Waals surface area contributed by atoms with E-state index in [1.807, 2.05) is 0 Å². The number of hydrogen-bond acceptors (Lipinski definition) is 2. The molecule has 154 valence electrons. The van der Waals surface area contributed by atoms with Crippen molar-refractivity contribution in [3.63, 3.8) is 0 Å². The van der Waals surface area contributed by atoms with Gasteiger partial charge in [0.05, 0.1) is 25.2 Å². The molecule has 7 heteroatoms. The summed E-state index contributed by atoms with van der Waals surface area (Å²) in [4.78, 5) is 0. The van der Waals surface area contributed by atoms with Crippen LogP contribution in [0.4, 0.5) is 22.0 Å². The second-order valence-electron chi connectivity index (χ2n) is 6.51. The van der Waals surface area contributed by atoms with Crippen LogP contribution in [0, 0.1) is 24.4 Å². The van der Waals surface area contributed by atoms with Gasteiger partial charge in [-0.25, -0.2) is 22.0 Å². The Hall–Kier alpha value is -2.31. The van der Waals surface area contributed by atoms with Crippen molar-refractivity contribution in [3.05, 3.63) is 58.9 Å². The van der Waals surface area contributed by atoms with Crippen molar-refractivity contribution in [2.45, 2.75) is 45.5 Å². The van der Waals surface area contributed by atoms with Crippen molar-refractivity contribution < 1.29 is 31.4 Å². The smallest absolute Gasteiger partial charge is 0.279 e. The highest BCUT2D eigenvalue weighted by molar-refractivity contribution is 5.33. The zero-order valence-corrected chi connectivity index (χ0v) is 15.8. The molecule has 0 aliphatic carbocycles. The fraction of sp³-hybridized carbons (Fsp3) is 0.429. The summed E-state index contributed by atoms with van der Waals surface area (Å²) < 4.78 is 80.2. The van der Waals surface area contributed by atoms with Gasteiger partial charge in [0.1, 0.15) is 5.75 Å². The Balaban J connectivity index is 1.94. The van der Waals surface area contributed by atoms with Gasteiger partial charge in [-0.3, -0.25) is 0 Å². The van der Waals surface area contributed by atoms with Crippen LogP contribution < -0.4 is 9.47 Å². The summed E-state index contributed by atoms with van der Waals surface area (Å²) in [5.41, 5.74) is -1.11. The molecule has 0 atom stereocenters. The second kappa shape index (κ2) is 9.75. The van der Waals surface area contributed by atoms with Crippen LogP contribution in [0.25, 0.3) is 0 Å². The van der Waals surface area contributed by atoms with Gasteiger partial charge in [-0.1, -0.05) is 25.8 Å². The molecule has 0 fully saturated rings. The van der Waals surface area contributed by atoms with Gasteiger partial charge in [0.15, 0.2) is 23.2 Å². The van der Waals surface area contributed by atoms with Crippen LogP contribution in [-0.2, 0) is 5.92 Å². The Morgan fingerprint density at radius 3 is 2.32 bits per heavy atom. The van der Waals surface area contributed by atoms with E-state index in [9.17, 15) is 22.0 Å². The van der Waals surface area contributed by atoms with Crippen LogP contribution in [0.2, 0.25) is 0 Å². The molecule has 0 aliphatic heterocycles. The Morgan fingerprint density at radius 1 is 0.893 bits per heavy atom. The predicted molar refractivity (Wildman–Crippen MR) is 96.5 cm³/mol. The summed E-state index contributed by atoms with van der Waals surface area (Å²) in [6.45, 7) is 3.22. The third kappa shape index (κ3) is 5.59. The first-order chi connectivity index (χ1) is 13.3. The van der Waals surface area contributed by atoms with Crippen molar-refractivity contribution in [3.8, 4) is 11.5 Å². The van der Waals surface area contributed by atoms with Crippen molar-refractivity contribution in [1.82, 2.24) is 0 Å². The summed E-state index contributed by atoms with van der Waals surface area (Å²) in [6.07, 6.45) is 1.96. The van der Waals surface area contributed by atoms with Crippen molar-refractivity contribution in [2.75, 3.05) is 13.2 Å². The van der Waals surface area contributed by atoms with Crippen molar-refractivity contribution in [1.29, 1.82) is 0 Å². The van der Waals surface area contributed by atoms with Gasteiger partial charge in [-0.15, -0.1) is 0 Å². The first kappa shape index (κ1) is 22.0. The predicted octanol–water partition coefficient (Wildman–Crippen LogP) is 6.54. The number of ether oxygens (including phenoxy) is 2. The van der Waals surface area contributed by atoms with E-state index in [1.54, 1.807) is 0 Å². The molecule has 0 N–H and O–H groups in total. The minimum absolute atomic E-state index is 0.0626. The molecule has 2 nitrogen and oxygen atoms in total. The van der Waals surface area contributed by atoms with E-state index < -0.39 is 42.0 Å². The third-order valence-electron chi connectivity index (χ3n) is 4.26. The highest BCUT2D eigenvalue weighted by atomic mass is 19.3. The summed E-state index contributed by atoms with van der Waals surface area (Å²) in [5.74, 6) is -7.18. The number of rotatable bonds is 10. The SMILES string of the molecule is CCCCCOc1ccc(OCCC(F)(F)c2ccc(C)c(F)c2F)c(F)c1. The minimum atomic E-state index is -3.66. The number of hydrogen-bond donors (Lipinski definition) is 0. The largest absolute Gasteiger partial charge is 0.493 e. The summed E-state index contributed by atoms with van der Waals surface area (Å²) in [7, 11) is 0. The fourth-order valence-corrected chi connectivity index (χ4v) is 2.58. The third-order valence-corrected chi connectivity index (χ3v) is 4.26. The van der Waals surface area contributed by atoms with E-state index in [0.29, 0.717) is 12.4 Å². The molecule has 0 saturated carbocycles. The molecule has 0 aromatic heterocycles. The van der Waals surface area contributed by atoms with E-state index in [2.05, 4.69) is 6.92 Å².